The van der Waals surface area contributed by atoms with Crippen molar-refractivity contribution in [3.8, 4) is 0 Å². The van der Waals surface area contributed by atoms with Crippen molar-refractivity contribution in [3.05, 3.63) is 29.9 Å². The van der Waals surface area contributed by atoms with E-state index >= 15 is 0 Å². The Morgan fingerprint density at radius 1 is 1.41 bits per heavy atom. The van der Waals surface area contributed by atoms with E-state index in [-0.39, 0.29) is 0 Å². The molecule has 17 heavy (non-hydrogen) atoms. The van der Waals surface area contributed by atoms with Gasteiger partial charge in [-0.05, 0) is 0 Å². The zero-order chi connectivity index (χ0) is 13.0. The summed E-state index contributed by atoms with van der Waals surface area (Å²) >= 11 is 0. The normalized spacial score (nSPS) is 11.2. The maximum atomic E-state index is 5.48. The second-order valence-electron chi connectivity index (χ2n) is 4.76. The van der Waals surface area contributed by atoms with Crippen LogP contribution in [0.1, 0.15) is 37.0 Å². The first kappa shape index (κ1) is 14.0. The molecular weight excluding hydrogens is 212 g/mol. The van der Waals surface area contributed by atoms with Crippen LogP contribution in [0, 0.1) is 13.8 Å². The summed E-state index contributed by atoms with van der Waals surface area (Å²) in [6.45, 7) is 14.7. The van der Waals surface area contributed by atoms with Crippen LogP contribution >= 0.6 is 0 Å². The van der Waals surface area contributed by atoms with Gasteiger partial charge in [0.15, 0.2) is 0 Å². The molecule has 1 heterocycles. The molecule has 3 nitrogen and oxygen atoms in total. The van der Waals surface area contributed by atoms with Gasteiger partial charge in [-0.25, -0.2) is 9.13 Å². The first-order valence-electron chi connectivity index (χ1n) is 6.25. The average molecular weight is 237 g/mol. The van der Waals surface area contributed by atoms with Crippen LogP contribution < -0.4 is 4.57 Å². The van der Waals surface area contributed by atoms with Gasteiger partial charge in [0.1, 0.15) is 17.9 Å². The standard InChI is InChI=1S/C14H25N2O/c1-7-9-17-10-8-16-13(5)12(4)15(6)14(16)11(2)3/h7,11H,1,8-10H2,2-6H3/q+1. The van der Waals surface area contributed by atoms with Gasteiger partial charge in [0.25, 0.3) is 5.82 Å². The molecule has 1 aromatic heterocycles. The van der Waals surface area contributed by atoms with Gasteiger partial charge in [-0.2, -0.15) is 0 Å². The highest BCUT2D eigenvalue weighted by atomic mass is 16.5. The Balaban J connectivity index is 2.89. The predicted molar refractivity (Wildman–Crippen MR) is 70.2 cm³/mol. The molecule has 0 aliphatic heterocycles. The predicted octanol–water partition coefficient (Wildman–Crippen LogP) is 2.26. The van der Waals surface area contributed by atoms with E-state index in [0.717, 1.165) is 13.2 Å². The molecule has 96 valence electrons. The van der Waals surface area contributed by atoms with Crippen molar-refractivity contribution in [3.63, 3.8) is 0 Å². The maximum absolute atomic E-state index is 5.48. The summed E-state index contributed by atoms with van der Waals surface area (Å²) in [7, 11) is 2.14. The summed E-state index contributed by atoms with van der Waals surface area (Å²) in [5.41, 5.74) is 2.66. The maximum Gasteiger partial charge on any atom is 0.259 e. The lowest BCUT2D eigenvalue weighted by Gasteiger charge is -2.06. The molecule has 3 heteroatoms. The summed E-state index contributed by atoms with van der Waals surface area (Å²) in [5.74, 6) is 1.88. The first-order chi connectivity index (χ1) is 8.00. The molecular formula is C14H25N2O+. The Bertz CT molecular complexity index is 391. The van der Waals surface area contributed by atoms with E-state index < -0.39 is 0 Å². The molecule has 0 bridgehead atoms. The second kappa shape index (κ2) is 6.01. The molecule has 0 aliphatic rings. The number of aromatic nitrogens is 2. The highest BCUT2D eigenvalue weighted by Gasteiger charge is 2.25. The van der Waals surface area contributed by atoms with Crippen molar-refractivity contribution in [2.45, 2.75) is 40.2 Å². The van der Waals surface area contributed by atoms with Crippen molar-refractivity contribution in [2.24, 2.45) is 7.05 Å². The van der Waals surface area contributed by atoms with Gasteiger partial charge in [-0.15, -0.1) is 6.58 Å². The van der Waals surface area contributed by atoms with Crippen LogP contribution in [-0.2, 0) is 18.3 Å². The molecule has 0 aromatic carbocycles. The number of hydrogen-bond acceptors (Lipinski definition) is 1. The van der Waals surface area contributed by atoms with Gasteiger partial charge in [0.05, 0.1) is 26.2 Å². The monoisotopic (exact) mass is 237 g/mol. The van der Waals surface area contributed by atoms with Crippen LogP contribution in [0.15, 0.2) is 12.7 Å². The van der Waals surface area contributed by atoms with Crippen LogP contribution in [0.25, 0.3) is 0 Å². The van der Waals surface area contributed by atoms with E-state index in [9.17, 15) is 0 Å². The van der Waals surface area contributed by atoms with Gasteiger partial charge in [0, 0.05) is 13.8 Å². The number of nitrogens with zero attached hydrogens (tertiary/aromatic N) is 2. The van der Waals surface area contributed by atoms with Crippen molar-refractivity contribution in [1.29, 1.82) is 0 Å². The van der Waals surface area contributed by atoms with Crippen molar-refractivity contribution >= 4 is 0 Å². The van der Waals surface area contributed by atoms with Crippen LogP contribution in [0.5, 0.6) is 0 Å². The fourth-order valence-corrected chi connectivity index (χ4v) is 2.27. The van der Waals surface area contributed by atoms with Gasteiger partial charge in [-0.1, -0.05) is 19.9 Å². The van der Waals surface area contributed by atoms with Crippen molar-refractivity contribution < 1.29 is 9.30 Å². The average Bonchev–Trinajstić information content (AvgIpc) is 2.49. The second-order valence-corrected chi connectivity index (χ2v) is 4.76. The zero-order valence-corrected chi connectivity index (χ0v) is 11.8. The highest BCUT2D eigenvalue weighted by molar-refractivity contribution is 5.09. The van der Waals surface area contributed by atoms with E-state index in [0.29, 0.717) is 12.5 Å². The van der Waals surface area contributed by atoms with Crippen LogP contribution in [-0.4, -0.2) is 17.8 Å². The fourth-order valence-electron chi connectivity index (χ4n) is 2.27. The topological polar surface area (TPSA) is 18.0 Å². The first-order valence-corrected chi connectivity index (χ1v) is 6.25. The Hall–Kier alpha value is -1.09. The lowest BCUT2D eigenvalue weighted by Crippen LogP contribution is -2.36. The molecule has 0 amide bonds. The molecule has 0 atom stereocenters. The number of hydrogen-bond donors (Lipinski definition) is 0. The highest BCUT2D eigenvalue weighted by Crippen LogP contribution is 2.15. The minimum atomic E-state index is 0.520. The van der Waals surface area contributed by atoms with E-state index in [1.807, 2.05) is 0 Å². The Morgan fingerprint density at radius 2 is 2.06 bits per heavy atom. The zero-order valence-electron chi connectivity index (χ0n) is 11.8. The molecule has 0 saturated carbocycles. The molecule has 0 unspecified atom stereocenters. The van der Waals surface area contributed by atoms with Gasteiger partial charge < -0.3 is 4.74 Å². The van der Waals surface area contributed by atoms with E-state index in [2.05, 4.69) is 50.5 Å². The summed E-state index contributed by atoms with van der Waals surface area (Å²) < 4.78 is 10.1. The third kappa shape index (κ3) is 2.97. The molecule has 0 spiro atoms. The molecule has 0 radical (unpaired) electrons. The van der Waals surface area contributed by atoms with E-state index in [1.54, 1.807) is 6.08 Å². The molecule has 1 rings (SSSR count). The molecule has 0 N–H and O–H groups in total. The quantitative estimate of drug-likeness (QED) is 0.421. The van der Waals surface area contributed by atoms with Crippen molar-refractivity contribution in [1.82, 2.24) is 4.57 Å². The number of imidazole rings is 1. The molecule has 0 fully saturated rings. The molecule has 0 saturated heterocycles. The van der Waals surface area contributed by atoms with Crippen LogP contribution in [0.2, 0.25) is 0 Å². The van der Waals surface area contributed by atoms with E-state index in [1.165, 1.54) is 17.2 Å². The number of ether oxygens (including phenoxy) is 1. The minimum absolute atomic E-state index is 0.520. The van der Waals surface area contributed by atoms with Crippen LogP contribution in [0.4, 0.5) is 0 Å². The largest absolute Gasteiger partial charge is 0.373 e. The van der Waals surface area contributed by atoms with Gasteiger partial charge >= 0.3 is 0 Å². The Morgan fingerprint density at radius 3 is 2.59 bits per heavy atom. The number of rotatable bonds is 6. The van der Waals surface area contributed by atoms with E-state index in [4.69, 9.17) is 4.74 Å². The minimum Gasteiger partial charge on any atom is -0.373 e. The SMILES string of the molecule is C=CCOCCn1c(C)c(C)[n+](C)c1C(C)C. The molecule has 0 aliphatic carbocycles. The van der Waals surface area contributed by atoms with Gasteiger partial charge in [-0.3, -0.25) is 0 Å². The third-order valence-corrected chi connectivity index (χ3v) is 3.26. The fraction of sp³-hybridized carbons (Fsp3) is 0.643. The van der Waals surface area contributed by atoms with Crippen LogP contribution in [0.3, 0.4) is 0 Å². The smallest absolute Gasteiger partial charge is 0.259 e. The summed E-state index contributed by atoms with van der Waals surface area (Å²) in [6.07, 6.45) is 1.79. The Labute approximate surface area is 105 Å². The lowest BCUT2D eigenvalue weighted by molar-refractivity contribution is -0.685. The summed E-state index contributed by atoms with van der Waals surface area (Å²) in [4.78, 5) is 0. The Kier molecular flexibility index (Phi) is 4.94. The summed E-state index contributed by atoms with van der Waals surface area (Å²) in [5, 5.41) is 0. The molecule has 1 aromatic rings. The van der Waals surface area contributed by atoms with Gasteiger partial charge in [0.2, 0.25) is 0 Å². The summed E-state index contributed by atoms with van der Waals surface area (Å²) in [6, 6.07) is 0. The lowest BCUT2D eigenvalue weighted by atomic mass is 10.2. The van der Waals surface area contributed by atoms with Crippen molar-refractivity contribution in [2.75, 3.05) is 13.2 Å². The third-order valence-electron chi connectivity index (χ3n) is 3.26.